The van der Waals surface area contributed by atoms with Gasteiger partial charge < -0.3 is 14.2 Å². The van der Waals surface area contributed by atoms with Crippen LogP contribution in [0.5, 0.6) is 0 Å². The van der Waals surface area contributed by atoms with Crippen LogP contribution in [0.4, 0.5) is 0 Å². The lowest BCUT2D eigenvalue weighted by Gasteiger charge is -2.34. The zero-order valence-electron chi connectivity index (χ0n) is 16.3. The molecule has 1 unspecified atom stereocenters. The Morgan fingerprint density at radius 1 is 1.04 bits per heavy atom. The van der Waals surface area contributed by atoms with Crippen molar-refractivity contribution in [3.8, 4) is 0 Å². The predicted octanol–water partition coefficient (Wildman–Crippen LogP) is 3.42. The summed E-state index contributed by atoms with van der Waals surface area (Å²) in [6.45, 7) is 4.89. The van der Waals surface area contributed by atoms with E-state index < -0.39 is 0 Å². The fraction of sp³-hybridized carbons (Fsp3) is 0.478. The summed E-state index contributed by atoms with van der Waals surface area (Å²) >= 11 is 0. The second kappa shape index (κ2) is 6.50. The second-order valence-corrected chi connectivity index (χ2v) is 8.62. The molecule has 1 atom stereocenters. The number of fused-ring (bicyclic) bond motifs is 1. The van der Waals surface area contributed by atoms with E-state index >= 15 is 0 Å². The summed E-state index contributed by atoms with van der Waals surface area (Å²) in [7, 11) is 0. The number of piperidine rings is 1. The molecule has 1 aliphatic carbocycles. The minimum absolute atomic E-state index is 0.0199. The summed E-state index contributed by atoms with van der Waals surface area (Å²) in [6.07, 6.45) is 5.33. The van der Waals surface area contributed by atoms with E-state index in [1.54, 1.807) is 6.26 Å². The van der Waals surface area contributed by atoms with Crippen molar-refractivity contribution in [3.63, 3.8) is 0 Å². The Labute approximate surface area is 165 Å². The molecule has 1 aromatic carbocycles. The van der Waals surface area contributed by atoms with Gasteiger partial charge in [-0.3, -0.25) is 9.59 Å². The minimum Gasteiger partial charge on any atom is -0.459 e. The van der Waals surface area contributed by atoms with Gasteiger partial charge in [0, 0.05) is 37.7 Å². The average Bonchev–Trinajstić information content (AvgIpc) is 3.25. The highest BCUT2D eigenvalue weighted by Gasteiger charge is 2.59. The molecule has 28 heavy (non-hydrogen) atoms. The van der Waals surface area contributed by atoms with Gasteiger partial charge in [-0.1, -0.05) is 24.3 Å². The number of aryl methyl sites for hydroxylation is 1. The minimum atomic E-state index is -0.0199. The number of hydrogen-bond donors (Lipinski definition) is 0. The number of rotatable bonds is 2. The third-order valence-corrected chi connectivity index (χ3v) is 7.03. The van der Waals surface area contributed by atoms with Crippen LogP contribution in [-0.4, -0.2) is 41.2 Å². The number of carbonyl (C=O) groups is 2. The molecule has 5 nitrogen and oxygen atoms in total. The maximum atomic E-state index is 13.1. The molecule has 0 N–H and O–H groups in total. The molecule has 3 aliphatic rings. The lowest BCUT2D eigenvalue weighted by molar-refractivity contribution is -0.134. The Morgan fingerprint density at radius 2 is 1.79 bits per heavy atom. The lowest BCUT2D eigenvalue weighted by Crippen LogP contribution is -2.42. The first kappa shape index (κ1) is 17.5. The van der Waals surface area contributed by atoms with Crippen molar-refractivity contribution < 1.29 is 14.0 Å². The number of carbonyl (C=O) groups excluding carboxylic acids is 2. The first-order valence-corrected chi connectivity index (χ1v) is 10.3. The first-order chi connectivity index (χ1) is 13.6. The van der Waals surface area contributed by atoms with Gasteiger partial charge in [0.25, 0.3) is 5.91 Å². The van der Waals surface area contributed by atoms with Crippen LogP contribution in [0.1, 0.15) is 46.5 Å². The zero-order valence-corrected chi connectivity index (χ0v) is 16.3. The molecular weight excluding hydrogens is 352 g/mol. The second-order valence-electron chi connectivity index (χ2n) is 8.62. The van der Waals surface area contributed by atoms with E-state index in [0.29, 0.717) is 24.8 Å². The van der Waals surface area contributed by atoms with Crippen LogP contribution in [0.3, 0.4) is 0 Å². The molecule has 146 valence electrons. The molecule has 1 spiro atoms. The zero-order chi connectivity index (χ0) is 19.3. The van der Waals surface area contributed by atoms with Crippen LogP contribution in [-0.2, 0) is 17.8 Å². The van der Waals surface area contributed by atoms with Crippen molar-refractivity contribution in [3.05, 3.63) is 59.0 Å². The molecule has 2 amide bonds. The molecule has 2 aliphatic heterocycles. The fourth-order valence-corrected chi connectivity index (χ4v) is 5.04. The smallest absolute Gasteiger partial charge is 0.289 e. The molecule has 1 saturated heterocycles. The molecule has 2 aromatic rings. The standard InChI is InChI=1S/C23H26N2O3/c1-16-7-13-28-20(16)22(27)24-11-8-23(9-12-24)14-19(23)21(26)25-10-6-17-4-2-3-5-18(17)15-25/h2-5,7,13,19H,6,8-12,14-15H2,1H3. The van der Waals surface area contributed by atoms with E-state index in [1.807, 2.05) is 22.8 Å². The normalized spacial score (nSPS) is 22.8. The quantitative estimate of drug-likeness (QED) is 0.805. The highest BCUT2D eigenvalue weighted by molar-refractivity contribution is 5.93. The number of amides is 2. The maximum absolute atomic E-state index is 13.1. The Kier molecular flexibility index (Phi) is 4.07. The predicted molar refractivity (Wildman–Crippen MR) is 105 cm³/mol. The number of benzene rings is 1. The van der Waals surface area contributed by atoms with Crippen LogP contribution in [0.25, 0.3) is 0 Å². The van der Waals surface area contributed by atoms with Crippen LogP contribution < -0.4 is 0 Å². The Bertz CT molecular complexity index is 923. The van der Waals surface area contributed by atoms with Crippen LogP contribution in [0, 0.1) is 18.3 Å². The van der Waals surface area contributed by atoms with Gasteiger partial charge in [-0.2, -0.15) is 0 Å². The molecule has 5 rings (SSSR count). The van der Waals surface area contributed by atoms with Crippen molar-refractivity contribution in [1.82, 2.24) is 9.80 Å². The highest BCUT2D eigenvalue weighted by atomic mass is 16.3. The summed E-state index contributed by atoms with van der Waals surface area (Å²) in [5.41, 5.74) is 3.65. The molecular formula is C23H26N2O3. The van der Waals surface area contributed by atoms with Crippen molar-refractivity contribution in [2.24, 2.45) is 11.3 Å². The highest BCUT2D eigenvalue weighted by Crippen LogP contribution is 2.60. The summed E-state index contributed by atoms with van der Waals surface area (Å²) in [6, 6.07) is 10.3. The number of furan rings is 1. The van der Waals surface area contributed by atoms with E-state index in [2.05, 4.69) is 24.3 Å². The third-order valence-electron chi connectivity index (χ3n) is 7.03. The molecule has 3 heterocycles. The number of hydrogen-bond acceptors (Lipinski definition) is 3. The topological polar surface area (TPSA) is 53.8 Å². The van der Waals surface area contributed by atoms with Crippen molar-refractivity contribution >= 4 is 11.8 Å². The summed E-state index contributed by atoms with van der Waals surface area (Å²) in [4.78, 5) is 29.7. The molecule has 0 radical (unpaired) electrons. The summed E-state index contributed by atoms with van der Waals surface area (Å²) < 4.78 is 5.36. The van der Waals surface area contributed by atoms with Crippen molar-refractivity contribution in [2.45, 2.75) is 39.2 Å². The maximum Gasteiger partial charge on any atom is 0.289 e. The number of nitrogens with zero attached hydrogens (tertiary/aromatic N) is 2. The van der Waals surface area contributed by atoms with Crippen LogP contribution >= 0.6 is 0 Å². The van der Waals surface area contributed by atoms with Crippen molar-refractivity contribution in [1.29, 1.82) is 0 Å². The molecule has 5 heteroatoms. The summed E-state index contributed by atoms with van der Waals surface area (Å²) in [5.74, 6) is 0.886. The molecule has 2 fully saturated rings. The van der Waals surface area contributed by atoms with Gasteiger partial charge in [0.2, 0.25) is 5.91 Å². The Balaban J connectivity index is 1.20. The van der Waals surface area contributed by atoms with Crippen molar-refractivity contribution in [2.75, 3.05) is 19.6 Å². The SMILES string of the molecule is Cc1ccoc1C(=O)N1CCC2(CC1)CC2C(=O)N1CCc2ccccc2C1. The van der Waals surface area contributed by atoms with Gasteiger partial charge >= 0.3 is 0 Å². The number of likely N-dealkylation sites (tertiary alicyclic amines) is 1. The van der Waals surface area contributed by atoms with Gasteiger partial charge in [0.15, 0.2) is 5.76 Å². The van der Waals surface area contributed by atoms with E-state index in [4.69, 9.17) is 4.42 Å². The summed E-state index contributed by atoms with van der Waals surface area (Å²) in [5, 5.41) is 0. The monoisotopic (exact) mass is 378 g/mol. The molecule has 1 aromatic heterocycles. The largest absolute Gasteiger partial charge is 0.459 e. The van der Waals surface area contributed by atoms with Gasteiger partial charge in [-0.15, -0.1) is 0 Å². The van der Waals surface area contributed by atoms with Gasteiger partial charge in [0.1, 0.15) is 0 Å². The first-order valence-electron chi connectivity index (χ1n) is 10.3. The Morgan fingerprint density at radius 3 is 2.50 bits per heavy atom. The van der Waals surface area contributed by atoms with E-state index in [0.717, 1.165) is 44.3 Å². The van der Waals surface area contributed by atoms with E-state index in [-0.39, 0.29) is 17.2 Å². The van der Waals surface area contributed by atoms with E-state index in [9.17, 15) is 9.59 Å². The van der Waals surface area contributed by atoms with Crippen LogP contribution in [0.15, 0.2) is 41.0 Å². The van der Waals surface area contributed by atoms with Gasteiger partial charge in [0.05, 0.1) is 6.26 Å². The van der Waals surface area contributed by atoms with Gasteiger partial charge in [-0.05, 0) is 55.2 Å². The third kappa shape index (κ3) is 2.84. The molecule has 0 bridgehead atoms. The fourth-order valence-electron chi connectivity index (χ4n) is 5.04. The van der Waals surface area contributed by atoms with Crippen LogP contribution in [0.2, 0.25) is 0 Å². The average molecular weight is 378 g/mol. The van der Waals surface area contributed by atoms with E-state index in [1.165, 1.54) is 11.1 Å². The lowest BCUT2D eigenvalue weighted by atomic mass is 9.90. The Hall–Kier alpha value is -2.56. The molecule has 1 saturated carbocycles. The van der Waals surface area contributed by atoms with Gasteiger partial charge in [-0.25, -0.2) is 0 Å².